The van der Waals surface area contributed by atoms with Crippen LogP contribution >= 0.6 is 0 Å². The third-order valence-electron chi connectivity index (χ3n) is 5.20. The molecule has 1 aromatic carbocycles. The molecule has 28 heavy (non-hydrogen) atoms. The van der Waals surface area contributed by atoms with Gasteiger partial charge in [-0.15, -0.1) is 0 Å². The number of hydrogen-bond acceptors (Lipinski definition) is 5. The second-order valence-corrected chi connectivity index (χ2v) is 6.88. The summed E-state index contributed by atoms with van der Waals surface area (Å²) >= 11 is 0. The predicted octanol–water partition coefficient (Wildman–Crippen LogP) is 3.55. The highest BCUT2D eigenvalue weighted by atomic mass is 16.5. The fraction of sp³-hybridized carbons (Fsp3) is 0.261. The normalized spacial score (nSPS) is 15.9. The summed E-state index contributed by atoms with van der Waals surface area (Å²) in [6.07, 6.45) is 7.45. The summed E-state index contributed by atoms with van der Waals surface area (Å²) < 4.78 is 5.60. The zero-order valence-corrected chi connectivity index (χ0v) is 15.6. The van der Waals surface area contributed by atoms with Gasteiger partial charge in [-0.2, -0.15) is 5.26 Å². The average Bonchev–Trinajstić information content (AvgIpc) is 2.79. The van der Waals surface area contributed by atoms with Crippen molar-refractivity contribution < 1.29 is 4.74 Å². The molecule has 0 N–H and O–H groups in total. The zero-order chi connectivity index (χ0) is 19.2. The Balaban J connectivity index is 1.86. The summed E-state index contributed by atoms with van der Waals surface area (Å²) in [4.78, 5) is 11.2. The molecular formula is C23H22N4O. The van der Waals surface area contributed by atoms with Gasteiger partial charge in [0.2, 0.25) is 0 Å². The minimum absolute atomic E-state index is 0.0504. The first-order valence-corrected chi connectivity index (χ1v) is 9.48. The molecular weight excluding hydrogens is 348 g/mol. The van der Waals surface area contributed by atoms with E-state index in [1.165, 1.54) is 0 Å². The number of morpholine rings is 1. The van der Waals surface area contributed by atoms with Gasteiger partial charge in [0.25, 0.3) is 0 Å². The second kappa shape index (κ2) is 8.75. The van der Waals surface area contributed by atoms with Crippen molar-refractivity contribution >= 4 is 0 Å². The van der Waals surface area contributed by atoms with Gasteiger partial charge in [-0.3, -0.25) is 14.9 Å². The smallest absolute Gasteiger partial charge is 0.0991 e. The third kappa shape index (κ3) is 3.94. The molecule has 0 amide bonds. The van der Waals surface area contributed by atoms with Crippen LogP contribution in [0.2, 0.25) is 0 Å². The van der Waals surface area contributed by atoms with Crippen LogP contribution in [0.5, 0.6) is 0 Å². The molecule has 5 heteroatoms. The number of nitrogens with zero attached hydrogens (tertiary/aromatic N) is 4. The fourth-order valence-corrected chi connectivity index (χ4v) is 3.94. The van der Waals surface area contributed by atoms with Crippen molar-refractivity contribution in [1.29, 1.82) is 5.26 Å². The van der Waals surface area contributed by atoms with Crippen molar-refractivity contribution in [3.63, 3.8) is 0 Å². The predicted molar refractivity (Wildman–Crippen MR) is 107 cm³/mol. The molecule has 3 heterocycles. The summed E-state index contributed by atoms with van der Waals surface area (Å²) in [7, 11) is 0. The van der Waals surface area contributed by atoms with Gasteiger partial charge in [0.05, 0.1) is 24.8 Å². The van der Waals surface area contributed by atoms with Crippen LogP contribution in [0.1, 0.15) is 34.2 Å². The van der Waals surface area contributed by atoms with Crippen LogP contribution in [0.3, 0.4) is 0 Å². The van der Waals surface area contributed by atoms with Crippen molar-refractivity contribution in [2.45, 2.75) is 12.0 Å². The van der Waals surface area contributed by atoms with Crippen LogP contribution in [0.4, 0.5) is 0 Å². The molecule has 5 nitrogen and oxygen atoms in total. The highest BCUT2D eigenvalue weighted by Crippen LogP contribution is 2.40. The van der Waals surface area contributed by atoms with Crippen molar-refractivity contribution in [3.05, 3.63) is 95.6 Å². The summed E-state index contributed by atoms with van der Waals surface area (Å²) in [5, 5.41) is 9.42. The molecule has 0 aliphatic carbocycles. The summed E-state index contributed by atoms with van der Waals surface area (Å²) in [6, 6.07) is 18.4. The van der Waals surface area contributed by atoms with Crippen molar-refractivity contribution in [3.8, 4) is 6.07 Å². The topological polar surface area (TPSA) is 62.0 Å². The lowest BCUT2D eigenvalue weighted by molar-refractivity contribution is 0.0124. The van der Waals surface area contributed by atoms with E-state index in [0.717, 1.165) is 29.8 Å². The molecule has 140 valence electrons. The minimum Gasteiger partial charge on any atom is -0.379 e. The molecule has 1 aliphatic heterocycles. The molecule has 2 aromatic heterocycles. The molecule has 4 rings (SSSR count). The Morgan fingerprint density at radius 1 is 0.893 bits per heavy atom. The Morgan fingerprint density at radius 3 is 2.11 bits per heavy atom. The minimum atomic E-state index is 0.0504. The fourth-order valence-electron chi connectivity index (χ4n) is 3.94. The quantitative estimate of drug-likeness (QED) is 0.687. The van der Waals surface area contributed by atoms with Gasteiger partial charge >= 0.3 is 0 Å². The maximum Gasteiger partial charge on any atom is 0.0991 e. The molecule has 1 fully saturated rings. The monoisotopic (exact) mass is 370 g/mol. The third-order valence-corrected chi connectivity index (χ3v) is 5.20. The van der Waals surface area contributed by atoms with E-state index in [1.54, 1.807) is 12.4 Å². The van der Waals surface area contributed by atoms with Crippen molar-refractivity contribution in [2.75, 3.05) is 26.3 Å². The molecule has 0 saturated carbocycles. The molecule has 1 atom stereocenters. The SMILES string of the molecule is N#Cc1cccc([C@@H](C(c2cccnc2)c2cccnc2)N2CCOCC2)c1. The zero-order valence-electron chi connectivity index (χ0n) is 15.6. The highest BCUT2D eigenvalue weighted by Gasteiger charge is 2.33. The molecule has 0 bridgehead atoms. The first-order valence-electron chi connectivity index (χ1n) is 9.48. The maximum absolute atomic E-state index is 9.42. The second-order valence-electron chi connectivity index (χ2n) is 6.88. The Morgan fingerprint density at radius 2 is 1.54 bits per heavy atom. The Labute approximate surface area is 165 Å². The van der Waals surface area contributed by atoms with E-state index in [-0.39, 0.29) is 12.0 Å². The van der Waals surface area contributed by atoms with Gasteiger partial charge in [0, 0.05) is 49.8 Å². The number of benzene rings is 1. The van der Waals surface area contributed by atoms with E-state index in [0.29, 0.717) is 18.8 Å². The number of pyridine rings is 2. The number of hydrogen-bond donors (Lipinski definition) is 0. The Bertz CT molecular complexity index is 894. The average molecular weight is 370 g/mol. The van der Waals surface area contributed by atoms with Crippen LogP contribution in [-0.2, 0) is 4.74 Å². The lowest BCUT2D eigenvalue weighted by Gasteiger charge is -2.39. The summed E-state index contributed by atoms with van der Waals surface area (Å²) in [5.74, 6) is 0.0504. The van der Waals surface area contributed by atoms with Gasteiger partial charge in [0.1, 0.15) is 0 Å². The Hall–Kier alpha value is -3.07. The van der Waals surface area contributed by atoms with Gasteiger partial charge in [-0.25, -0.2) is 0 Å². The first-order chi connectivity index (χ1) is 13.9. The van der Waals surface area contributed by atoms with Crippen LogP contribution in [-0.4, -0.2) is 41.2 Å². The number of nitriles is 1. The van der Waals surface area contributed by atoms with Gasteiger partial charge in [-0.05, 0) is 41.0 Å². The van der Waals surface area contributed by atoms with Crippen LogP contribution < -0.4 is 0 Å². The van der Waals surface area contributed by atoms with Crippen LogP contribution in [0.15, 0.2) is 73.3 Å². The van der Waals surface area contributed by atoms with Crippen LogP contribution in [0, 0.1) is 11.3 Å². The van der Waals surface area contributed by atoms with E-state index < -0.39 is 0 Å². The summed E-state index contributed by atoms with van der Waals surface area (Å²) in [6.45, 7) is 3.11. The number of ether oxygens (including phenoxy) is 1. The number of aromatic nitrogens is 2. The molecule has 0 radical (unpaired) electrons. The molecule has 1 aliphatic rings. The van der Waals surface area contributed by atoms with E-state index in [1.807, 2.05) is 42.7 Å². The van der Waals surface area contributed by atoms with E-state index >= 15 is 0 Å². The van der Waals surface area contributed by atoms with Crippen LogP contribution in [0.25, 0.3) is 0 Å². The molecule has 1 saturated heterocycles. The molecule has 3 aromatic rings. The lowest BCUT2D eigenvalue weighted by Crippen LogP contribution is -2.41. The Kier molecular flexibility index (Phi) is 5.72. The van der Waals surface area contributed by atoms with Crippen molar-refractivity contribution in [1.82, 2.24) is 14.9 Å². The molecule has 0 spiro atoms. The maximum atomic E-state index is 9.42. The standard InChI is InChI=1S/C23H22N4O/c24-15-18-4-1-5-19(14-18)23(27-10-12-28-13-11-27)22(20-6-2-8-25-16-20)21-7-3-9-26-17-21/h1-9,14,16-17,22-23H,10-13H2/t23-/m0/s1. The summed E-state index contributed by atoms with van der Waals surface area (Å²) in [5.41, 5.74) is 4.06. The van der Waals surface area contributed by atoms with Crippen molar-refractivity contribution in [2.24, 2.45) is 0 Å². The van der Waals surface area contributed by atoms with Gasteiger partial charge in [-0.1, -0.05) is 24.3 Å². The molecule has 0 unspecified atom stereocenters. The van der Waals surface area contributed by atoms with Gasteiger partial charge in [0.15, 0.2) is 0 Å². The highest BCUT2D eigenvalue weighted by molar-refractivity contribution is 5.40. The first kappa shape index (κ1) is 18.3. The van der Waals surface area contributed by atoms with E-state index in [2.05, 4.69) is 39.1 Å². The largest absolute Gasteiger partial charge is 0.379 e. The number of rotatable bonds is 5. The van der Waals surface area contributed by atoms with E-state index in [9.17, 15) is 5.26 Å². The van der Waals surface area contributed by atoms with E-state index in [4.69, 9.17) is 4.74 Å². The van der Waals surface area contributed by atoms with Gasteiger partial charge < -0.3 is 4.74 Å². The lowest BCUT2D eigenvalue weighted by atomic mass is 9.81.